The molecule has 1 saturated heterocycles. The van der Waals surface area contributed by atoms with Crippen molar-refractivity contribution in [3.05, 3.63) is 82.5 Å². The summed E-state index contributed by atoms with van der Waals surface area (Å²) < 4.78 is 40.6. The van der Waals surface area contributed by atoms with Gasteiger partial charge in [-0.15, -0.1) is 0 Å². The molecule has 1 N–H and O–H groups in total. The molecule has 1 unspecified atom stereocenters. The predicted octanol–water partition coefficient (Wildman–Crippen LogP) is 4.60. The van der Waals surface area contributed by atoms with Gasteiger partial charge in [0, 0.05) is 59.0 Å². The van der Waals surface area contributed by atoms with Crippen molar-refractivity contribution in [2.45, 2.75) is 18.9 Å². The van der Waals surface area contributed by atoms with Gasteiger partial charge >= 0.3 is 0 Å². The Hall–Kier alpha value is -3.72. The lowest BCUT2D eigenvalue weighted by Crippen LogP contribution is -2.36. The van der Waals surface area contributed by atoms with E-state index < -0.39 is 41.3 Å². The minimum Gasteiger partial charge on any atom is -0.497 e. The van der Waals surface area contributed by atoms with E-state index in [0.29, 0.717) is 16.3 Å². The minimum absolute atomic E-state index is 0.0182. The van der Waals surface area contributed by atoms with Gasteiger partial charge in [0.25, 0.3) is 5.91 Å². The van der Waals surface area contributed by atoms with Gasteiger partial charge in [0.15, 0.2) is 0 Å². The average Bonchev–Trinajstić information content (AvgIpc) is 3.11. The molecule has 4 rings (SSSR count). The highest BCUT2D eigenvalue weighted by molar-refractivity contribution is 6.30. The van der Waals surface area contributed by atoms with Crippen molar-refractivity contribution in [1.82, 2.24) is 10.3 Å². The van der Waals surface area contributed by atoms with Crippen LogP contribution in [0.2, 0.25) is 5.02 Å². The maximum Gasteiger partial charge on any atom is 0.251 e. The Labute approximate surface area is 212 Å². The number of halogens is 3. The van der Waals surface area contributed by atoms with Crippen molar-refractivity contribution in [3.63, 3.8) is 0 Å². The van der Waals surface area contributed by atoms with Gasteiger partial charge in [0.2, 0.25) is 5.91 Å². The van der Waals surface area contributed by atoms with Crippen LogP contribution in [-0.4, -0.2) is 43.6 Å². The van der Waals surface area contributed by atoms with Gasteiger partial charge in [0.1, 0.15) is 29.0 Å². The van der Waals surface area contributed by atoms with E-state index in [1.54, 1.807) is 43.3 Å². The summed E-state index contributed by atoms with van der Waals surface area (Å²) in [7, 11) is 2.79. The number of nitrogens with zero attached hydrogens (tertiary/aromatic N) is 2. The van der Waals surface area contributed by atoms with Gasteiger partial charge in [-0.05, 0) is 37.3 Å². The van der Waals surface area contributed by atoms with Crippen LogP contribution in [0.15, 0.2) is 54.7 Å². The second-order valence-corrected chi connectivity index (χ2v) is 8.79. The molecule has 0 spiro atoms. The molecule has 2 heterocycles. The number of hydrogen-bond acceptors (Lipinski definition) is 5. The number of methoxy groups -OCH3 is 2. The van der Waals surface area contributed by atoms with E-state index in [2.05, 4.69) is 10.3 Å². The Morgan fingerprint density at radius 1 is 1.06 bits per heavy atom. The quantitative estimate of drug-likeness (QED) is 0.497. The number of rotatable bonds is 7. The van der Waals surface area contributed by atoms with Crippen LogP contribution in [0.1, 0.15) is 28.8 Å². The molecule has 1 fully saturated rings. The van der Waals surface area contributed by atoms with Gasteiger partial charge in [0.05, 0.1) is 20.1 Å². The van der Waals surface area contributed by atoms with Crippen LogP contribution < -0.4 is 19.7 Å². The maximum atomic E-state index is 15.2. The second kappa shape index (κ2) is 10.5. The molecular weight excluding hydrogens is 492 g/mol. The van der Waals surface area contributed by atoms with Gasteiger partial charge in [-0.25, -0.2) is 13.8 Å². The first-order valence-electron chi connectivity index (χ1n) is 11.1. The lowest BCUT2D eigenvalue weighted by atomic mass is 9.83. The van der Waals surface area contributed by atoms with Crippen LogP contribution in [0.5, 0.6) is 11.5 Å². The Balaban J connectivity index is 1.72. The highest BCUT2D eigenvalue weighted by Crippen LogP contribution is 2.43. The van der Waals surface area contributed by atoms with E-state index in [-0.39, 0.29) is 23.7 Å². The number of benzene rings is 2. The molecule has 7 nitrogen and oxygen atoms in total. The summed E-state index contributed by atoms with van der Waals surface area (Å²) in [5.41, 5.74) is 0.0790. The summed E-state index contributed by atoms with van der Waals surface area (Å²) in [6.45, 7) is 1.54. The third kappa shape index (κ3) is 4.83. The van der Waals surface area contributed by atoms with E-state index in [1.807, 2.05) is 0 Å². The highest BCUT2D eigenvalue weighted by Gasteiger charge is 2.49. The molecule has 188 valence electrons. The van der Waals surface area contributed by atoms with E-state index in [0.717, 1.165) is 12.1 Å². The molecule has 2 aromatic carbocycles. The molecular formula is C26H24ClF2N3O4. The fourth-order valence-corrected chi connectivity index (χ4v) is 4.70. The first kappa shape index (κ1) is 25.4. The van der Waals surface area contributed by atoms with Crippen LogP contribution in [0.25, 0.3) is 0 Å². The summed E-state index contributed by atoms with van der Waals surface area (Å²) in [6.07, 6.45) is 1.48. The lowest BCUT2D eigenvalue weighted by Gasteiger charge is -2.25. The molecule has 3 aromatic rings. The van der Waals surface area contributed by atoms with Crippen molar-refractivity contribution in [2.75, 3.05) is 25.7 Å². The number of hydrogen-bond donors (Lipinski definition) is 1. The zero-order valence-corrected chi connectivity index (χ0v) is 20.6. The molecule has 0 saturated carbocycles. The highest BCUT2D eigenvalue weighted by atomic mass is 35.5. The Bertz CT molecular complexity index is 1270. The number of anilines is 1. The molecule has 2 amide bonds. The Morgan fingerprint density at radius 2 is 1.69 bits per heavy atom. The molecule has 10 heteroatoms. The minimum atomic E-state index is -0.971. The second-order valence-electron chi connectivity index (χ2n) is 8.36. The number of ether oxygens (including phenoxy) is 2. The third-order valence-electron chi connectivity index (χ3n) is 6.33. The number of amides is 2. The van der Waals surface area contributed by atoms with Crippen LogP contribution in [0, 0.1) is 17.6 Å². The summed E-state index contributed by atoms with van der Waals surface area (Å²) in [5, 5.41) is 3.19. The van der Waals surface area contributed by atoms with Gasteiger partial charge in [-0.2, -0.15) is 0 Å². The van der Waals surface area contributed by atoms with E-state index >= 15 is 8.78 Å². The normalized spacial score (nSPS) is 19.3. The van der Waals surface area contributed by atoms with E-state index in [1.165, 1.54) is 25.3 Å². The topological polar surface area (TPSA) is 80.8 Å². The van der Waals surface area contributed by atoms with Crippen molar-refractivity contribution in [3.8, 4) is 11.5 Å². The van der Waals surface area contributed by atoms with Gasteiger partial charge in [-0.3, -0.25) is 14.5 Å². The number of carbonyl (C=O) groups is 2. The fourth-order valence-electron chi connectivity index (χ4n) is 4.57. The molecule has 3 atom stereocenters. The zero-order valence-electron chi connectivity index (χ0n) is 19.8. The Kier molecular flexibility index (Phi) is 7.40. The third-order valence-corrected chi connectivity index (χ3v) is 6.58. The molecule has 0 aliphatic carbocycles. The van der Waals surface area contributed by atoms with Crippen LogP contribution in [0.4, 0.5) is 14.6 Å². The summed E-state index contributed by atoms with van der Waals surface area (Å²) in [4.78, 5) is 32.0. The molecule has 36 heavy (non-hydrogen) atoms. The zero-order chi connectivity index (χ0) is 26.0. The standard InChI is InChI=1S/C26H24ClF2N3O4/c1-14-23(24-20(28)10-18(36-3)11-21(24)29)19(13-31-25(33)15-4-6-16(27)7-5-15)26(34)32(14)22-12-17(35-2)8-9-30-22/h4-12,14,19,23H,13H2,1-3H3,(H,31,33)/t14-,19?,23+/m0/s1. The van der Waals surface area contributed by atoms with Crippen molar-refractivity contribution >= 4 is 29.2 Å². The Morgan fingerprint density at radius 3 is 2.31 bits per heavy atom. The number of carbonyl (C=O) groups excluding carboxylic acids is 2. The summed E-state index contributed by atoms with van der Waals surface area (Å²) in [6, 6.07) is 10.9. The van der Waals surface area contributed by atoms with E-state index in [4.69, 9.17) is 21.1 Å². The summed E-state index contributed by atoms with van der Waals surface area (Å²) in [5.74, 6) is -3.69. The maximum absolute atomic E-state index is 15.2. The first-order chi connectivity index (χ1) is 17.2. The molecule has 0 bridgehead atoms. The van der Waals surface area contributed by atoms with Gasteiger partial charge in [-0.1, -0.05) is 11.6 Å². The van der Waals surface area contributed by atoms with Crippen molar-refractivity contribution in [2.24, 2.45) is 5.92 Å². The molecule has 1 aliphatic heterocycles. The molecule has 1 aliphatic rings. The monoisotopic (exact) mass is 515 g/mol. The largest absolute Gasteiger partial charge is 0.497 e. The average molecular weight is 516 g/mol. The fraction of sp³-hybridized carbons (Fsp3) is 0.269. The smallest absolute Gasteiger partial charge is 0.251 e. The van der Waals surface area contributed by atoms with Crippen molar-refractivity contribution in [1.29, 1.82) is 0 Å². The number of nitrogens with one attached hydrogen (secondary N) is 1. The van der Waals surface area contributed by atoms with Crippen molar-refractivity contribution < 1.29 is 27.8 Å². The molecule has 1 aromatic heterocycles. The number of pyridine rings is 1. The SMILES string of the molecule is COc1ccnc(N2C(=O)C(CNC(=O)c3ccc(Cl)cc3)[C@H](c3c(F)cc(OC)cc3F)[C@@H]2C)c1. The summed E-state index contributed by atoms with van der Waals surface area (Å²) >= 11 is 5.89. The predicted molar refractivity (Wildman–Crippen MR) is 131 cm³/mol. The van der Waals surface area contributed by atoms with Crippen LogP contribution >= 0.6 is 11.6 Å². The number of aromatic nitrogens is 1. The molecule has 0 radical (unpaired) electrons. The van der Waals surface area contributed by atoms with E-state index in [9.17, 15) is 9.59 Å². The van der Waals surface area contributed by atoms with Crippen LogP contribution in [0.3, 0.4) is 0 Å². The van der Waals surface area contributed by atoms with Gasteiger partial charge < -0.3 is 14.8 Å². The first-order valence-corrected chi connectivity index (χ1v) is 11.5. The van der Waals surface area contributed by atoms with Crippen LogP contribution in [-0.2, 0) is 4.79 Å². The lowest BCUT2D eigenvalue weighted by molar-refractivity contribution is -0.120.